The highest BCUT2D eigenvalue weighted by Crippen LogP contribution is 2.28. The summed E-state index contributed by atoms with van der Waals surface area (Å²) in [6.07, 6.45) is 4.25. The summed E-state index contributed by atoms with van der Waals surface area (Å²) in [7, 11) is 6.26. The van der Waals surface area contributed by atoms with Crippen LogP contribution < -0.4 is 10.9 Å². The van der Waals surface area contributed by atoms with E-state index < -0.39 is 11.5 Å². The van der Waals surface area contributed by atoms with Gasteiger partial charge >= 0.3 is 0 Å². The topological polar surface area (TPSA) is 82.2 Å². The van der Waals surface area contributed by atoms with E-state index in [1.165, 1.54) is 0 Å². The van der Waals surface area contributed by atoms with Gasteiger partial charge in [-0.05, 0) is 25.7 Å². The molecule has 6 heteroatoms. The van der Waals surface area contributed by atoms with Gasteiger partial charge in [0.25, 0.3) is 11.5 Å². The summed E-state index contributed by atoms with van der Waals surface area (Å²) < 4.78 is 0.820. The van der Waals surface area contributed by atoms with Crippen LogP contribution in [0.5, 0.6) is 5.75 Å². The van der Waals surface area contributed by atoms with Gasteiger partial charge in [-0.25, -0.2) is 0 Å². The summed E-state index contributed by atoms with van der Waals surface area (Å²) in [5.74, 6) is -0.629. The van der Waals surface area contributed by atoms with Crippen LogP contribution in [0.25, 0.3) is 0 Å². The molecule has 1 aromatic heterocycles. The van der Waals surface area contributed by atoms with Gasteiger partial charge in [-0.1, -0.05) is 0 Å². The average Bonchev–Trinajstić information content (AvgIpc) is 2.42. The van der Waals surface area contributed by atoms with Crippen LogP contribution in [0.3, 0.4) is 0 Å². The van der Waals surface area contributed by atoms with Crippen LogP contribution in [0.15, 0.2) is 4.79 Å². The number of H-pyrrole nitrogens is 1. The molecule has 1 aliphatic rings. The van der Waals surface area contributed by atoms with Gasteiger partial charge in [-0.15, -0.1) is 0 Å². The maximum Gasteiger partial charge on any atom is 0.264 e. The first-order valence-electron chi connectivity index (χ1n) is 7.85. The second-order valence-electron chi connectivity index (χ2n) is 6.97. The Kier molecular flexibility index (Phi) is 4.90. The number of nitrogens with one attached hydrogen (secondary N) is 2. The van der Waals surface area contributed by atoms with Crippen molar-refractivity contribution in [3.63, 3.8) is 0 Å². The minimum Gasteiger partial charge on any atom is -0.507 e. The average molecular weight is 308 g/mol. The van der Waals surface area contributed by atoms with Gasteiger partial charge in [-0.3, -0.25) is 9.59 Å². The molecule has 0 aromatic carbocycles. The zero-order chi connectivity index (χ0) is 16.3. The van der Waals surface area contributed by atoms with E-state index >= 15 is 0 Å². The van der Waals surface area contributed by atoms with E-state index in [2.05, 4.69) is 31.4 Å². The van der Waals surface area contributed by atoms with Crippen molar-refractivity contribution < 1.29 is 14.4 Å². The Morgan fingerprint density at radius 2 is 1.95 bits per heavy atom. The Morgan fingerprint density at radius 3 is 2.64 bits per heavy atom. The molecule has 6 nitrogen and oxygen atoms in total. The van der Waals surface area contributed by atoms with E-state index in [9.17, 15) is 14.7 Å². The third-order valence-corrected chi connectivity index (χ3v) is 4.00. The Morgan fingerprint density at radius 1 is 1.27 bits per heavy atom. The number of aromatic hydroxyl groups is 1. The van der Waals surface area contributed by atoms with Gasteiger partial charge in [0.05, 0.1) is 27.7 Å². The first-order valence-corrected chi connectivity index (χ1v) is 7.85. The number of aromatic amines is 1. The van der Waals surface area contributed by atoms with Crippen molar-refractivity contribution in [2.75, 3.05) is 34.2 Å². The Labute approximate surface area is 130 Å². The standard InChI is InChI=1S/C16H25N3O3/c1-19(2,3)10-6-9-17-15(21)13-14(20)11-7-4-5-8-12(11)18-16(13)22/h4-10H2,1-3H3,(H2-,17,18,20,21,22)/p+1. The first-order chi connectivity index (χ1) is 10.3. The monoisotopic (exact) mass is 308 g/mol. The fourth-order valence-electron chi connectivity index (χ4n) is 2.82. The second-order valence-corrected chi connectivity index (χ2v) is 6.97. The first kappa shape index (κ1) is 16.5. The summed E-state index contributed by atoms with van der Waals surface area (Å²) in [4.78, 5) is 27.0. The quantitative estimate of drug-likeness (QED) is 0.555. The molecule has 0 aliphatic heterocycles. The Hall–Kier alpha value is -1.82. The molecule has 3 N–H and O–H groups in total. The lowest BCUT2D eigenvalue weighted by molar-refractivity contribution is -0.870. The predicted molar refractivity (Wildman–Crippen MR) is 85.2 cm³/mol. The molecule has 0 unspecified atom stereocenters. The van der Waals surface area contributed by atoms with Crippen molar-refractivity contribution in [2.24, 2.45) is 0 Å². The molecule has 0 bridgehead atoms. The molecule has 1 amide bonds. The number of quaternary nitrogens is 1. The van der Waals surface area contributed by atoms with Crippen molar-refractivity contribution in [1.29, 1.82) is 0 Å². The molecular weight excluding hydrogens is 282 g/mol. The van der Waals surface area contributed by atoms with Crippen molar-refractivity contribution in [2.45, 2.75) is 32.1 Å². The Bertz CT molecular complexity index is 614. The van der Waals surface area contributed by atoms with E-state index in [0.29, 0.717) is 13.0 Å². The van der Waals surface area contributed by atoms with Crippen LogP contribution in [-0.2, 0) is 12.8 Å². The fourth-order valence-corrected chi connectivity index (χ4v) is 2.82. The van der Waals surface area contributed by atoms with Crippen LogP contribution in [-0.4, -0.2) is 54.7 Å². The number of carbonyl (C=O) groups is 1. The molecule has 0 fully saturated rings. The number of aryl methyl sites for hydroxylation is 1. The molecule has 1 heterocycles. The number of rotatable bonds is 5. The zero-order valence-electron chi connectivity index (χ0n) is 13.7. The number of hydrogen-bond acceptors (Lipinski definition) is 3. The van der Waals surface area contributed by atoms with Crippen molar-refractivity contribution in [3.05, 3.63) is 27.2 Å². The van der Waals surface area contributed by atoms with Gasteiger partial charge in [0, 0.05) is 24.2 Å². The third kappa shape index (κ3) is 3.88. The molecule has 122 valence electrons. The van der Waals surface area contributed by atoms with Gasteiger partial charge in [0.15, 0.2) is 0 Å². The number of pyridine rings is 1. The van der Waals surface area contributed by atoms with Gasteiger partial charge in [-0.2, -0.15) is 0 Å². The van der Waals surface area contributed by atoms with Crippen LogP contribution >= 0.6 is 0 Å². The Balaban J connectivity index is 2.08. The van der Waals surface area contributed by atoms with E-state index in [4.69, 9.17) is 0 Å². The van der Waals surface area contributed by atoms with Gasteiger partial charge in [0.1, 0.15) is 11.3 Å². The minimum absolute atomic E-state index is 0.137. The highest BCUT2D eigenvalue weighted by Gasteiger charge is 2.23. The van der Waals surface area contributed by atoms with Crippen LogP contribution in [0.2, 0.25) is 0 Å². The van der Waals surface area contributed by atoms with E-state index in [-0.39, 0.29) is 11.3 Å². The highest BCUT2D eigenvalue weighted by molar-refractivity contribution is 5.96. The van der Waals surface area contributed by atoms with Crippen LogP contribution in [0.1, 0.15) is 40.9 Å². The molecule has 2 rings (SSSR count). The van der Waals surface area contributed by atoms with E-state index in [1.807, 2.05) is 0 Å². The van der Waals surface area contributed by atoms with Crippen LogP contribution in [0, 0.1) is 0 Å². The van der Waals surface area contributed by atoms with Crippen molar-refractivity contribution >= 4 is 5.91 Å². The molecule has 1 aliphatic carbocycles. The second kappa shape index (κ2) is 6.52. The summed E-state index contributed by atoms with van der Waals surface area (Å²) >= 11 is 0. The number of aromatic nitrogens is 1. The lowest BCUT2D eigenvalue weighted by atomic mass is 9.93. The fraction of sp³-hybridized carbons (Fsp3) is 0.625. The minimum atomic E-state index is -0.498. The molecule has 1 aromatic rings. The number of nitrogens with zero attached hydrogens (tertiary/aromatic N) is 1. The largest absolute Gasteiger partial charge is 0.507 e. The highest BCUT2D eigenvalue weighted by atomic mass is 16.3. The summed E-state index contributed by atoms with van der Waals surface area (Å²) in [6.45, 7) is 1.41. The lowest BCUT2D eigenvalue weighted by Crippen LogP contribution is -2.38. The van der Waals surface area contributed by atoms with Crippen LogP contribution in [0.4, 0.5) is 0 Å². The molecule has 0 saturated heterocycles. The number of carbonyl (C=O) groups excluding carboxylic acids is 1. The predicted octanol–water partition coefficient (Wildman–Crippen LogP) is 0.785. The molecule has 0 radical (unpaired) electrons. The lowest BCUT2D eigenvalue weighted by Gasteiger charge is -2.23. The van der Waals surface area contributed by atoms with Crippen molar-refractivity contribution in [1.82, 2.24) is 10.3 Å². The summed E-state index contributed by atoms with van der Waals surface area (Å²) in [6, 6.07) is 0. The number of amides is 1. The SMILES string of the molecule is C[N+](C)(C)CCCNC(=O)c1c(O)c2c([nH]c1=O)CCCC2. The normalized spacial score (nSPS) is 14.5. The maximum atomic E-state index is 12.2. The van der Waals surface area contributed by atoms with Gasteiger partial charge < -0.3 is 19.9 Å². The summed E-state index contributed by atoms with van der Waals surface area (Å²) in [5, 5.41) is 13.0. The molecule has 0 spiro atoms. The van der Waals surface area contributed by atoms with Crippen molar-refractivity contribution in [3.8, 4) is 5.75 Å². The molecular formula is C16H26N3O3+. The van der Waals surface area contributed by atoms with E-state index in [1.54, 1.807) is 0 Å². The molecule has 0 atom stereocenters. The summed E-state index contributed by atoms with van der Waals surface area (Å²) in [5.41, 5.74) is 0.853. The smallest absolute Gasteiger partial charge is 0.264 e. The van der Waals surface area contributed by atoms with E-state index in [0.717, 1.165) is 48.0 Å². The number of fused-ring (bicyclic) bond motifs is 1. The van der Waals surface area contributed by atoms with Gasteiger partial charge in [0.2, 0.25) is 0 Å². The molecule has 22 heavy (non-hydrogen) atoms. The third-order valence-electron chi connectivity index (χ3n) is 4.00. The maximum absolute atomic E-state index is 12.2. The number of hydrogen-bond donors (Lipinski definition) is 3. The zero-order valence-corrected chi connectivity index (χ0v) is 13.7. The molecule has 0 saturated carbocycles.